The minimum atomic E-state index is -1.94. The van der Waals surface area contributed by atoms with Gasteiger partial charge in [0, 0.05) is 19.3 Å². The van der Waals surface area contributed by atoms with Crippen molar-refractivity contribution in [3.05, 3.63) is 122 Å². The highest BCUT2D eigenvalue weighted by Gasteiger charge is 2.50. The molecule has 1 aliphatic rings. The maximum absolute atomic E-state index is 13.1. The predicted molar refractivity (Wildman–Crippen MR) is 330 cm³/mol. The average Bonchev–Trinajstić information content (AvgIpc) is 3.54. The number of hydrogen-bond acceptors (Lipinski definition) is 11. The number of rotatable bonds is 52. The Balaban J connectivity index is 2.71. The van der Waals surface area contributed by atoms with Crippen LogP contribution in [0, 0.1) is 0 Å². The minimum absolute atomic E-state index is 0.0741. The van der Waals surface area contributed by atoms with Gasteiger partial charge in [-0.05, 0) is 116 Å². The lowest BCUT2D eigenvalue weighted by Crippen LogP contribution is -2.61. The van der Waals surface area contributed by atoms with Gasteiger partial charge in [-0.2, -0.15) is 0 Å². The number of aliphatic hydroxyl groups excluding tert-OH is 2. The van der Waals surface area contributed by atoms with Crippen molar-refractivity contribution >= 4 is 23.9 Å². The molecule has 0 saturated carbocycles. The van der Waals surface area contributed by atoms with Crippen LogP contribution in [0.4, 0.5) is 0 Å². The van der Waals surface area contributed by atoms with Crippen LogP contribution in [0.15, 0.2) is 122 Å². The van der Waals surface area contributed by atoms with Gasteiger partial charge in [-0.1, -0.05) is 226 Å². The molecular formula is C69H110O12. The quantitative estimate of drug-likeness (QED) is 0.0228. The largest absolute Gasteiger partial charge is 0.479 e. The molecule has 0 aliphatic carbocycles. The van der Waals surface area contributed by atoms with Gasteiger partial charge >= 0.3 is 23.9 Å². The van der Waals surface area contributed by atoms with Crippen LogP contribution in [0.2, 0.25) is 0 Å². The van der Waals surface area contributed by atoms with E-state index in [0.29, 0.717) is 25.7 Å². The molecule has 81 heavy (non-hydrogen) atoms. The van der Waals surface area contributed by atoms with Crippen LogP contribution >= 0.6 is 0 Å². The number of aliphatic carboxylic acids is 1. The monoisotopic (exact) mass is 1130 g/mol. The van der Waals surface area contributed by atoms with Gasteiger partial charge in [0.2, 0.25) is 0 Å². The summed E-state index contributed by atoms with van der Waals surface area (Å²) in [5, 5.41) is 31.5. The molecule has 12 nitrogen and oxygen atoms in total. The second kappa shape index (κ2) is 55.6. The van der Waals surface area contributed by atoms with Crippen LogP contribution in [-0.2, 0) is 42.9 Å². The molecule has 0 bridgehead atoms. The van der Waals surface area contributed by atoms with Gasteiger partial charge in [-0.15, -0.1) is 0 Å². The SMILES string of the molecule is CC/C=C\C/C=C\C/C=C\C/C=C\C/C=C\C/C=C\CCC(=O)OC1C(OCC(COC(=O)CCCCCCCCCCC/C=C\CCCCCCCC)OC(=O)CCCCC/C=C\C/C=C\C/C=C\CC)OC(C(=O)O)C(O)C1O. The Labute approximate surface area is 490 Å². The summed E-state index contributed by atoms with van der Waals surface area (Å²) in [6, 6.07) is 0. The third-order valence-electron chi connectivity index (χ3n) is 13.5. The number of carboxylic acid groups (broad SMARTS) is 1. The van der Waals surface area contributed by atoms with Crippen molar-refractivity contribution in [2.24, 2.45) is 0 Å². The summed E-state index contributed by atoms with van der Waals surface area (Å²) in [6.45, 7) is 5.71. The summed E-state index contributed by atoms with van der Waals surface area (Å²) in [5.74, 6) is -3.28. The molecule has 6 unspecified atom stereocenters. The second-order valence-corrected chi connectivity index (χ2v) is 20.9. The fraction of sp³-hybridized carbons (Fsp3) is 0.652. The first-order valence-electron chi connectivity index (χ1n) is 31.5. The molecule has 0 spiro atoms. The highest BCUT2D eigenvalue weighted by Crippen LogP contribution is 2.26. The van der Waals surface area contributed by atoms with E-state index >= 15 is 0 Å². The summed E-state index contributed by atoms with van der Waals surface area (Å²) in [5.41, 5.74) is 0. The highest BCUT2D eigenvalue weighted by molar-refractivity contribution is 5.74. The molecule has 0 amide bonds. The first-order valence-corrected chi connectivity index (χ1v) is 31.5. The standard InChI is InChI=1S/C69H110O12/c1-4-7-10-13-16-19-22-25-27-29-31-33-35-38-40-43-46-49-52-55-61(70)77-58-60(79-62(71)56-53-50-47-44-41-37-24-21-18-15-12-9-6-3)59-78-69-67(65(74)64(73)66(81-69)68(75)76)80-63(72)57-54-51-48-45-42-39-36-34-32-30-28-26-23-20-17-14-11-8-5-2/h8-9,11-12,17-18,20-21,25-28,32,34,37,39,41-42,48,51,60,64-67,69,73-74H,4-7,10,13-16,19,22-24,29-31,33,35-36,38,40,43-47,49-50,52-59H2,1-3H3,(H,75,76)/b11-8-,12-9-,20-17-,21-18-,27-25-,28-26-,34-32-,41-37-,42-39-,51-48-. The van der Waals surface area contributed by atoms with Gasteiger partial charge in [0.25, 0.3) is 0 Å². The van der Waals surface area contributed by atoms with Crippen molar-refractivity contribution in [3.63, 3.8) is 0 Å². The van der Waals surface area contributed by atoms with E-state index < -0.39 is 67.3 Å². The fourth-order valence-electron chi connectivity index (χ4n) is 8.76. The molecule has 0 aromatic rings. The molecule has 458 valence electrons. The predicted octanol–water partition coefficient (Wildman–Crippen LogP) is 16.8. The van der Waals surface area contributed by atoms with Gasteiger partial charge in [0.15, 0.2) is 24.6 Å². The first kappa shape index (κ1) is 74.1. The maximum Gasteiger partial charge on any atom is 0.335 e. The Hall–Kier alpha value is -4.88. The molecule has 12 heteroatoms. The van der Waals surface area contributed by atoms with Crippen LogP contribution in [0.5, 0.6) is 0 Å². The number of carboxylic acids is 1. The first-order chi connectivity index (χ1) is 39.6. The third-order valence-corrected chi connectivity index (χ3v) is 13.5. The molecule has 1 rings (SSSR count). The van der Waals surface area contributed by atoms with Crippen molar-refractivity contribution in [2.75, 3.05) is 13.2 Å². The van der Waals surface area contributed by atoms with Gasteiger partial charge in [0.05, 0.1) is 6.61 Å². The molecule has 6 atom stereocenters. The zero-order valence-corrected chi connectivity index (χ0v) is 50.5. The lowest BCUT2D eigenvalue weighted by atomic mass is 9.98. The molecule has 3 N–H and O–H groups in total. The van der Waals surface area contributed by atoms with E-state index in [4.69, 9.17) is 23.7 Å². The third kappa shape index (κ3) is 45.3. The van der Waals surface area contributed by atoms with Crippen molar-refractivity contribution in [1.82, 2.24) is 0 Å². The number of carbonyl (C=O) groups excluding carboxylic acids is 3. The van der Waals surface area contributed by atoms with E-state index in [1.54, 1.807) is 0 Å². The Morgan fingerprint density at radius 1 is 0.420 bits per heavy atom. The Bertz CT molecular complexity index is 1870. The van der Waals surface area contributed by atoms with Crippen LogP contribution in [-0.4, -0.2) is 89.2 Å². The number of hydrogen-bond donors (Lipinski definition) is 3. The van der Waals surface area contributed by atoms with Crippen molar-refractivity contribution < 1.29 is 58.2 Å². The van der Waals surface area contributed by atoms with Gasteiger partial charge in [-0.3, -0.25) is 14.4 Å². The van der Waals surface area contributed by atoms with Crippen molar-refractivity contribution in [2.45, 2.75) is 276 Å². The zero-order valence-electron chi connectivity index (χ0n) is 50.5. The van der Waals surface area contributed by atoms with E-state index in [0.717, 1.165) is 89.9 Å². The van der Waals surface area contributed by atoms with Crippen LogP contribution < -0.4 is 0 Å². The molecule has 1 aliphatic heterocycles. The molecule has 0 aromatic heterocycles. The van der Waals surface area contributed by atoms with Crippen molar-refractivity contribution in [1.29, 1.82) is 0 Å². The molecule has 1 fully saturated rings. The fourth-order valence-corrected chi connectivity index (χ4v) is 8.76. The van der Waals surface area contributed by atoms with E-state index in [1.165, 1.54) is 83.5 Å². The average molecular weight is 1130 g/mol. The smallest absolute Gasteiger partial charge is 0.335 e. The molecule has 0 aromatic carbocycles. The summed E-state index contributed by atoms with van der Waals surface area (Å²) < 4.78 is 28.4. The lowest BCUT2D eigenvalue weighted by molar-refractivity contribution is -0.301. The molecule has 1 heterocycles. The maximum atomic E-state index is 13.1. The molecule has 1 saturated heterocycles. The van der Waals surface area contributed by atoms with E-state index in [-0.39, 0.29) is 25.9 Å². The van der Waals surface area contributed by atoms with E-state index in [9.17, 15) is 34.5 Å². The minimum Gasteiger partial charge on any atom is -0.479 e. The summed E-state index contributed by atoms with van der Waals surface area (Å²) in [7, 11) is 0. The van der Waals surface area contributed by atoms with Gasteiger partial charge in [-0.25, -0.2) is 4.79 Å². The Morgan fingerprint density at radius 2 is 0.802 bits per heavy atom. The lowest BCUT2D eigenvalue weighted by Gasteiger charge is -2.40. The summed E-state index contributed by atoms with van der Waals surface area (Å²) in [6.07, 6.45) is 64.7. The number of unbranched alkanes of at least 4 members (excludes halogenated alkanes) is 18. The van der Waals surface area contributed by atoms with E-state index in [1.807, 2.05) is 18.2 Å². The van der Waals surface area contributed by atoms with Crippen molar-refractivity contribution in [3.8, 4) is 0 Å². The van der Waals surface area contributed by atoms with Crippen LogP contribution in [0.1, 0.15) is 239 Å². The summed E-state index contributed by atoms with van der Waals surface area (Å²) in [4.78, 5) is 51.2. The Morgan fingerprint density at radius 3 is 1.26 bits per heavy atom. The zero-order chi connectivity index (χ0) is 58.9. The van der Waals surface area contributed by atoms with Gasteiger partial charge < -0.3 is 39.0 Å². The Kier molecular flexibility index (Phi) is 50.9. The molecular weight excluding hydrogens is 1020 g/mol. The van der Waals surface area contributed by atoms with Crippen LogP contribution in [0.25, 0.3) is 0 Å². The number of esters is 3. The van der Waals surface area contributed by atoms with E-state index in [2.05, 4.69) is 124 Å². The number of allylic oxidation sites excluding steroid dienone is 20. The number of carbonyl (C=O) groups is 4. The normalized spacial score (nSPS) is 18.6. The van der Waals surface area contributed by atoms with Crippen LogP contribution in [0.3, 0.4) is 0 Å². The van der Waals surface area contributed by atoms with Gasteiger partial charge in [0.1, 0.15) is 18.8 Å². The second-order valence-electron chi connectivity index (χ2n) is 20.9. The highest BCUT2D eigenvalue weighted by atomic mass is 16.7. The molecule has 0 radical (unpaired) electrons. The summed E-state index contributed by atoms with van der Waals surface area (Å²) >= 11 is 0. The topological polar surface area (TPSA) is 175 Å². The number of aliphatic hydroxyl groups is 2. The number of ether oxygens (including phenoxy) is 5.